The second-order valence-electron chi connectivity index (χ2n) is 4.09. The number of aliphatic carboxylic acids is 1. The zero-order chi connectivity index (χ0) is 12.0. The van der Waals surface area contributed by atoms with Gasteiger partial charge < -0.3 is 5.11 Å². The summed E-state index contributed by atoms with van der Waals surface area (Å²) in [6.45, 7) is 3.95. The van der Waals surface area contributed by atoms with Crippen LogP contribution in [0, 0.1) is 5.92 Å². The van der Waals surface area contributed by atoms with E-state index in [-0.39, 0.29) is 5.92 Å². The highest BCUT2D eigenvalue weighted by Crippen LogP contribution is 2.06. The SMILES string of the molecule is CC(C)C=N[C@@H](Cc1ccccc1)C(=O)O. The highest BCUT2D eigenvalue weighted by molar-refractivity contribution is 5.76. The molecule has 0 radical (unpaired) electrons. The van der Waals surface area contributed by atoms with Crippen molar-refractivity contribution in [1.82, 2.24) is 0 Å². The number of hydrogen-bond donors (Lipinski definition) is 1. The molecule has 0 unspecified atom stereocenters. The van der Waals surface area contributed by atoms with Gasteiger partial charge in [0.05, 0.1) is 0 Å². The minimum absolute atomic E-state index is 0.276. The van der Waals surface area contributed by atoms with E-state index in [0.29, 0.717) is 6.42 Å². The van der Waals surface area contributed by atoms with E-state index >= 15 is 0 Å². The van der Waals surface area contributed by atoms with Gasteiger partial charge in [-0.25, -0.2) is 4.79 Å². The van der Waals surface area contributed by atoms with Gasteiger partial charge >= 0.3 is 5.97 Å². The first-order valence-corrected chi connectivity index (χ1v) is 5.39. The van der Waals surface area contributed by atoms with Crippen LogP contribution in [0.5, 0.6) is 0 Å². The molecule has 0 bridgehead atoms. The maximum Gasteiger partial charge on any atom is 0.328 e. The number of aliphatic imine (C=N–C) groups is 1. The molecule has 0 aromatic heterocycles. The molecule has 0 saturated carbocycles. The van der Waals surface area contributed by atoms with Crippen molar-refractivity contribution in [2.45, 2.75) is 26.3 Å². The molecule has 86 valence electrons. The number of nitrogens with zero attached hydrogens (tertiary/aromatic N) is 1. The van der Waals surface area contributed by atoms with Crippen molar-refractivity contribution < 1.29 is 9.90 Å². The van der Waals surface area contributed by atoms with Crippen LogP contribution in [0.3, 0.4) is 0 Å². The summed E-state index contributed by atoms with van der Waals surface area (Å²) in [5.74, 6) is -0.599. The molecule has 0 fully saturated rings. The third-order valence-corrected chi connectivity index (χ3v) is 2.12. The van der Waals surface area contributed by atoms with E-state index in [4.69, 9.17) is 5.11 Å². The third-order valence-electron chi connectivity index (χ3n) is 2.12. The number of benzene rings is 1. The highest BCUT2D eigenvalue weighted by atomic mass is 16.4. The van der Waals surface area contributed by atoms with Crippen molar-refractivity contribution in [2.24, 2.45) is 10.9 Å². The monoisotopic (exact) mass is 219 g/mol. The normalized spacial score (nSPS) is 13.2. The van der Waals surface area contributed by atoms with Crippen molar-refractivity contribution in [3.63, 3.8) is 0 Å². The molecule has 1 aromatic carbocycles. The van der Waals surface area contributed by atoms with Crippen LogP contribution >= 0.6 is 0 Å². The summed E-state index contributed by atoms with van der Waals surface area (Å²) in [6.07, 6.45) is 2.14. The number of rotatable bonds is 5. The summed E-state index contributed by atoms with van der Waals surface area (Å²) in [6, 6.07) is 8.88. The van der Waals surface area contributed by atoms with Crippen LogP contribution in [-0.4, -0.2) is 23.3 Å². The predicted octanol–water partition coefficient (Wildman–Crippen LogP) is 2.41. The molecular weight excluding hydrogens is 202 g/mol. The quantitative estimate of drug-likeness (QED) is 0.773. The van der Waals surface area contributed by atoms with Gasteiger partial charge in [0, 0.05) is 12.6 Å². The van der Waals surface area contributed by atoms with Gasteiger partial charge in [0.25, 0.3) is 0 Å². The van der Waals surface area contributed by atoms with Gasteiger partial charge in [-0.1, -0.05) is 44.2 Å². The lowest BCUT2D eigenvalue weighted by atomic mass is 10.1. The van der Waals surface area contributed by atoms with Crippen molar-refractivity contribution in [1.29, 1.82) is 0 Å². The van der Waals surface area contributed by atoms with Crippen molar-refractivity contribution in [3.05, 3.63) is 35.9 Å². The topological polar surface area (TPSA) is 49.7 Å². The summed E-state index contributed by atoms with van der Waals surface area (Å²) in [4.78, 5) is 15.1. The minimum atomic E-state index is -0.874. The Morgan fingerprint density at radius 3 is 2.50 bits per heavy atom. The molecule has 0 amide bonds. The average molecular weight is 219 g/mol. The lowest BCUT2D eigenvalue weighted by Gasteiger charge is -2.07. The molecule has 16 heavy (non-hydrogen) atoms. The Bertz CT molecular complexity index is 357. The molecule has 1 aromatic rings. The Balaban J connectivity index is 2.69. The lowest BCUT2D eigenvalue weighted by Crippen LogP contribution is -2.21. The first kappa shape index (κ1) is 12.4. The fourth-order valence-corrected chi connectivity index (χ4v) is 1.32. The molecule has 0 aliphatic rings. The Morgan fingerprint density at radius 1 is 1.38 bits per heavy atom. The van der Waals surface area contributed by atoms with Gasteiger partial charge in [-0.05, 0) is 11.5 Å². The van der Waals surface area contributed by atoms with Crippen molar-refractivity contribution in [3.8, 4) is 0 Å². The standard InChI is InChI=1S/C13H17NO2/c1-10(2)9-14-12(13(15)16)8-11-6-4-3-5-7-11/h3-7,9-10,12H,8H2,1-2H3,(H,15,16)/t12-/m0/s1. The maximum absolute atomic E-state index is 11.0. The average Bonchev–Trinajstić information content (AvgIpc) is 2.25. The summed E-state index contributed by atoms with van der Waals surface area (Å²) >= 11 is 0. The second kappa shape index (κ2) is 6.05. The lowest BCUT2D eigenvalue weighted by molar-refractivity contribution is -0.138. The van der Waals surface area contributed by atoms with E-state index < -0.39 is 12.0 Å². The van der Waals surface area contributed by atoms with Crippen LogP contribution < -0.4 is 0 Å². The van der Waals surface area contributed by atoms with E-state index in [9.17, 15) is 4.79 Å². The zero-order valence-corrected chi connectivity index (χ0v) is 9.63. The molecule has 0 aliphatic carbocycles. The van der Waals surface area contributed by atoms with Crippen molar-refractivity contribution in [2.75, 3.05) is 0 Å². The Kier molecular flexibility index (Phi) is 4.70. The smallest absolute Gasteiger partial charge is 0.328 e. The summed E-state index contributed by atoms with van der Waals surface area (Å²) in [7, 11) is 0. The van der Waals surface area contributed by atoms with Crippen LogP contribution in [-0.2, 0) is 11.2 Å². The van der Waals surface area contributed by atoms with Crippen molar-refractivity contribution >= 4 is 12.2 Å². The largest absolute Gasteiger partial charge is 0.480 e. The molecule has 0 saturated heterocycles. The molecule has 1 atom stereocenters. The Hall–Kier alpha value is -1.64. The van der Waals surface area contributed by atoms with E-state index in [1.807, 2.05) is 44.2 Å². The number of carbonyl (C=O) groups is 1. The molecule has 3 heteroatoms. The molecule has 3 nitrogen and oxygen atoms in total. The molecule has 1 N–H and O–H groups in total. The van der Waals surface area contributed by atoms with Crippen LogP contribution in [0.1, 0.15) is 19.4 Å². The van der Waals surface area contributed by atoms with Crippen LogP contribution in [0.25, 0.3) is 0 Å². The minimum Gasteiger partial charge on any atom is -0.480 e. The Labute approximate surface area is 95.8 Å². The van der Waals surface area contributed by atoms with Crippen LogP contribution in [0.15, 0.2) is 35.3 Å². The summed E-state index contributed by atoms with van der Waals surface area (Å²) in [5.41, 5.74) is 0.996. The van der Waals surface area contributed by atoms with E-state index in [2.05, 4.69) is 4.99 Å². The van der Waals surface area contributed by atoms with Crippen LogP contribution in [0.2, 0.25) is 0 Å². The summed E-state index contributed by atoms with van der Waals surface area (Å²) in [5, 5.41) is 9.03. The summed E-state index contributed by atoms with van der Waals surface area (Å²) < 4.78 is 0. The first-order chi connectivity index (χ1) is 7.59. The fraction of sp³-hybridized carbons (Fsp3) is 0.385. The maximum atomic E-state index is 11.0. The van der Waals surface area contributed by atoms with Gasteiger partial charge in [0.1, 0.15) is 0 Å². The van der Waals surface area contributed by atoms with E-state index in [0.717, 1.165) is 5.56 Å². The number of hydrogen-bond acceptors (Lipinski definition) is 2. The third kappa shape index (κ3) is 4.26. The van der Waals surface area contributed by atoms with Gasteiger partial charge in [0.2, 0.25) is 0 Å². The molecular formula is C13H17NO2. The zero-order valence-electron chi connectivity index (χ0n) is 9.63. The van der Waals surface area contributed by atoms with E-state index in [1.165, 1.54) is 0 Å². The van der Waals surface area contributed by atoms with Gasteiger partial charge in [-0.3, -0.25) is 4.99 Å². The Morgan fingerprint density at radius 2 is 2.00 bits per heavy atom. The first-order valence-electron chi connectivity index (χ1n) is 5.39. The number of carboxylic acid groups (broad SMARTS) is 1. The molecule has 0 heterocycles. The second-order valence-corrected chi connectivity index (χ2v) is 4.09. The molecule has 1 rings (SSSR count). The van der Waals surface area contributed by atoms with Crippen LogP contribution in [0.4, 0.5) is 0 Å². The fourth-order valence-electron chi connectivity index (χ4n) is 1.32. The predicted molar refractivity (Wildman–Crippen MR) is 64.9 cm³/mol. The van der Waals surface area contributed by atoms with Gasteiger partial charge in [-0.2, -0.15) is 0 Å². The highest BCUT2D eigenvalue weighted by Gasteiger charge is 2.15. The molecule has 0 aliphatic heterocycles. The van der Waals surface area contributed by atoms with Gasteiger partial charge in [-0.15, -0.1) is 0 Å². The molecule has 0 spiro atoms. The van der Waals surface area contributed by atoms with Gasteiger partial charge in [0.15, 0.2) is 6.04 Å². The van der Waals surface area contributed by atoms with E-state index in [1.54, 1.807) is 6.21 Å². The number of carboxylic acids is 1.